The number of nitrogens with one attached hydrogen (secondary N) is 3. The maximum Gasteiger partial charge on any atom is 0.254 e. The van der Waals surface area contributed by atoms with E-state index >= 15 is 0 Å². The number of benzene rings is 2. The van der Waals surface area contributed by atoms with E-state index in [-0.39, 0.29) is 18.2 Å². The molecule has 0 spiro atoms. The Balaban J connectivity index is 1.62. The molecule has 1 heterocycles. The van der Waals surface area contributed by atoms with Crippen LogP contribution < -0.4 is 16.0 Å². The molecule has 3 rings (SSSR count). The first-order chi connectivity index (χ1) is 11.6. The van der Waals surface area contributed by atoms with E-state index in [9.17, 15) is 14.4 Å². The molecule has 122 valence electrons. The van der Waals surface area contributed by atoms with Crippen molar-refractivity contribution in [3.05, 3.63) is 65.7 Å². The molecule has 6 nitrogen and oxygen atoms in total. The lowest BCUT2D eigenvalue weighted by Gasteiger charge is -2.14. The van der Waals surface area contributed by atoms with Crippen LogP contribution >= 0.6 is 0 Å². The molecule has 0 saturated heterocycles. The third kappa shape index (κ3) is 3.60. The molecule has 0 saturated carbocycles. The number of rotatable bonds is 4. The number of fused-ring (bicyclic) bond motifs is 1. The summed E-state index contributed by atoms with van der Waals surface area (Å²) in [6.07, 6.45) is -0.113. The average Bonchev–Trinajstić information content (AvgIpc) is 2.71. The second-order valence-electron chi connectivity index (χ2n) is 5.53. The second-order valence-corrected chi connectivity index (χ2v) is 5.53. The molecule has 2 aromatic carbocycles. The molecule has 0 unspecified atom stereocenters. The molecule has 0 fully saturated rings. The largest absolute Gasteiger partial charge is 0.352 e. The highest BCUT2D eigenvalue weighted by Gasteiger charge is 2.29. The second kappa shape index (κ2) is 6.95. The quantitative estimate of drug-likeness (QED) is 0.796. The number of carbonyl (C=O) groups is 3. The topological polar surface area (TPSA) is 87.3 Å². The van der Waals surface area contributed by atoms with E-state index in [1.165, 1.54) is 0 Å². The summed E-state index contributed by atoms with van der Waals surface area (Å²) in [4.78, 5) is 36.5. The summed E-state index contributed by atoms with van der Waals surface area (Å²) in [7, 11) is 0. The van der Waals surface area contributed by atoms with Gasteiger partial charge in [-0.2, -0.15) is 0 Å². The first-order valence-electron chi connectivity index (χ1n) is 7.65. The van der Waals surface area contributed by atoms with Crippen LogP contribution in [0.3, 0.4) is 0 Å². The zero-order valence-electron chi connectivity index (χ0n) is 12.9. The van der Waals surface area contributed by atoms with Crippen LogP contribution in [0.2, 0.25) is 0 Å². The summed E-state index contributed by atoms with van der Waals surface area (Å²) in [5.74, 6) is -1.07. The molecule has 24 heavy (non-hydrogen) atoms. The van der Waals surface area contributed by atoms with E-state index in [0.717, 1.165) is 5.56 Å². The monoisotopic (exact) mass is 323 g/mol. The van der Waals surface area contributed by atoms with Crippen molar-refractivity contribution in [2.24, 2.45) is 0 Å². The molecule has 0 radical (unpaired) electrons. The van der Waals surface area contributed by atoms with Crippen LogP contribution in [0.25, 0.3) is 0 Å². The van der Waals surface area contributed by atoms with Crippen LogP contribution in [0.15, 0.2) is 54.6 Å². The maximum atomic E-state index is 12.2. The summed E-state index contributed by atoms with van der Waals surface area (Å²) < 4.78 is 0. The Labute approximate surface area is 139 Å². The number of anilines is 1. The van der Waals surface area contributed by atoms with Crippen molar-refractivity contribution in [3.63, 3.8) is 0 Å². The van der Waals surface area contributed by atoms with Gasteiger partial charge in [-0.15, -0.1) is 0 Å². The fourth-order valence-electron chi connectivity index (χ4n) is 2.51. The minimum Gasteiger partial charge on any atom is -0.352 e. The van der Waals surface area contributed by atoms with Gasteiger partial charge in [0.15, 0.2) is 0 Å². The molecule has 3 N–H and O–H groups in total. The van der Waals surface area contributed by atoms with Gasteiger partial charge in [0, 0.05) is 6.54 Å². The standard InChI is InChI=1S/C18H17N3O3/c22-16(19-11-12-6-2-1-3-7-12)10-15-18(24)20-14-9-5-4-8-13(14)17(23)21-15/h1-9,15H,10-11H2,(H,19,22)(H,20,24)(H,21,23)/t15-/m1/s1. The number of hydrogen-bond acceptors (Lipinski definition) is 3. The Bertz CT molecular complexity index is 774. The molecule has 1 aliphatic rings. The molecule has 1 atom stereocenters. The van der Waals surface area contributed by atoms with Gasteiger partial charge in [0.25, 0.3) is 5.91 Å². The summed E-state index contributed by atoms with van der Waals surface area (Å²) in [5, 5.41) is 8.03. The van der Waals surface area contributed by atoms with Crippen LogP contribution in [0, 0.1) is 0 Å². The van der Waals surface area contributed by atoms with E-state index < -0.39 is 11.9 Å². The molecule has 1 aliphatic heterocycles. The molecule has 2 aromatic rings. The molecule has 0 aromatic heterocycles. The van der Waals surface area contributed by atoms with E-state index in [1.807, 2.05) is 30.3 Å². The first kappa shape index (κ1) is 15.7. The van der Waals surface area contributed by atoms with Crippen LogP contribution in [0.5, 0.6) is 0 Å². The number of para-hydroxylation sites is 1. The van der Waals surface area contributed by atoms with Gasteiger partial charge in [-0.1, -0.05) is 42.5 Å². The van der Waals surface area contributed by atoms with Gasteiger partial charge < -0.3 is 16.0 Å². The van der Waals surface area contributed by atoms with Crippen molar-refractivity contribution in [1.29, 1.82) is 0 Å². The summed E-state index contributed by atoms with van der Waals surface area (Å²) in [6, 6.07) is 15.3. The Morgan fingerprint density at radius 1 is 1.00 bits per heavy atom. The van der Waals surface area contributed by atoms with Gasteiger partial charge in [-0.25, -0.2) is 0 Å². The van der Waals surface area contributed by atoms with E-state index in [4.69, 9.17) is 0 Å². The summed E-state index contributed by atoms with van der Waals surface area (Å²) in [6.45, 7) is 0.377. The summed E-state index contributed by atoms with van der Waals surface area (Å²) >= 11 is 0. The van der Waals surface area contributed by atoms with Crippen molar-refractivity contribution in [3.8, 4) is 0 Å². The highest BCUT2D eigenvalue weighted by Crippen LogP contribution is 2.18. The third-order valence-electron chi connectivity index (χ3n) is 3.77. The van der Waals surface area contributed by atoms with Crippen LogP contribution in [0.1, 0.15) is 22.3 Å². The van der Waals surface area contributed by atoms with Crippen LogP contribution in [-0.2, 0) is 16.1 Å². The smallest absolute Gasteiger partial charge is 0.254 e. The zero-order chi connectivity index (χ0) is 16.9. The zero-order valence-corrected chi connectivity index (χ0v) is 12.9. The fraction of sp³-hybridized carbons (Fsp3) is 0.167. The van der Waals surface area contributed by atoms with E-state index in [2.05, 4.69) is 16.0 Å². The lowest BCUT2D eigenvalue weighted by Crippen LogP contribution is -2.44. The Morgan fingerprint density at radius 2 is 1.71 bits per heavy atom. The Kier molecular flexibility index (Phi) is 4.56. The molecular formula is C18H17N3O3. The summed E-state index contributed by atoms with van der Waals surface area (Å²) in [5.41, 5.74) is 1.80. The van der Waals surface area contributed by atoms with E-state index in [1.54, 1.807) is 24.3 Å². The molecule has 3 amide bonds. The van der Waals surface area contributed by atoms with Gasteiger partial charge >= 0.3 is 0 Å². The Morgan fingerprint density at radius 3 is 2.50 bits per heavy atom. The Hall–Kier alpha value is -3.15. The van der Waals surface area contributed by atoms with Crippen molar-refractivity contribution < 1.29 is 14.4 Å². The lowest BCUT2D eigenvalue weighted by atomic mass is 10.1. The van der Waals surface area contributed by atoms with Crippen molar-refractivity contribution in [1.82, 2.24) is 10.6 Å². The molecule has 0 bridgehead atoms. The average molecular weight is 323 g/mol. The highest BCUT2D eigenvalue weighted by atomic mass is 16.2. The number of hydrogen-bond donors (Lipinski definition) is 3. The van der Waals surface area contributed by atoms with Crippen molar-refractivity contribution in [2.45, 2.75) is 19.0 Å². The van der Waals surface area contributed by atoms with Crippen LogP contribution in [0.4, 0.5) is 5.69 Å². The molecule has 6 heteroatoms. The maximum absolute atomic E-state index is 12.2. The highest BCUT2D eigenvalue weighted by molar-refractivity contribution is 6.10. The third-order valence-corrected chi connectivity index (χ3v) is 3.77. The van der Waals surface area contributed by atoms with Gasteiger partial charge in [0.1, 0.15) is 6.04 Å². The molecular weight excluding hydrogens is 306 g/mol. The van der Waals surface area contributed by atoms with Crippen molar-refractivity contribution in [2.75, 3.05) is 5.32 Å². The first-order valence-corrected chi connectivity index (χ1v) is 7.65. The number of amides is 3. The minimum absolute atomic E-state index is 0.113. The minimum atomic E-state index is -0.902. The van der Waals surface area contributed by atoms with Gasteiger partial charge in [-0.05, 0) is 17.7 Å². The van der Waals surface area contributed by atoms with Gasteiger partial charge in [-0.3, -0.25) is 14.4 Å². The van der Waals surface area contributed by atoms with Gasteiger partial charge in [0.05, 0.1) is 17.7 Å². The van der Waals surface area contributed by atoms with Crippen LogP contribution in [-0.4, -0.2) is 23.8 Å². The predicted molar refractivity (Wildman–Crippen MR) is 89.2 cm³/mol. The molecule has 0 aliphatic carbocycles. The van der Waals surface area contributed by atoms with Gasteiger partial charge in [0.2, 0.25) is 11.8 Å². The lowest BCUT2D eigenvalue weighted by molar-refractivity contribution is -0.125. The normalized spacial score (nSPS) is 16.4. The predicted octanol–water partition coefficient (Wildman–Crippen LogP) is 1.44. The van der Waals surface area contributed by atoms with Crippen molar-refractivity contribution >= 4 is 23.4 Å². The fourth-order valence-corrected chi connectivity index (χ4v) is 2.51. The SMILES string of the molecule is O=C(C[C@H]1NC(=O)c2ccccc2NC1=O)NCc1ccccc1. The van der Waals surface area contributed by atoms with E-state index in [0.29, 0.717) is 17.8 Å². The number of carbonyl (C=O) groups excluding carboxylic acids is 3.